The molecule has 0 bridgehead atoms. The first-order valence-electron chi connectivity index (χ1n) is 6.23. The Kier molecular flexibility index (Phi) is 4.46. The van der Waals surface area contributed by atoms with Crippen LogP contribution in [0.15, 0.2) is 42.2 Å². The van der Waals surface area contributed by atoms with Gasteiger partial charge < -0.3 is 5.32 Å². The maximum Gasteiger partial charge on any atom is 0.251 e. The molecular weight excluding hydrogens is 271 g/mol. The van der Waals surface area contributed by atoms with E-state index >= 15 is 0 Å². The Labute approximate surface area is 121 Å². The van der Waals surface area contributed by atoms with Crippen LogP contribution in [0, 0.1) is 17.1 Å². The Balaban J connectivity index is 2.04. The second kappa shape index (κ2) is 6.48. The number of nitriles is 1. The summed E-state index contributed by atoms with van der Waals surface area (Å²) in [5.74, 6) is -0.602. The minimum atomic E-state index is -0.320. The fourth-order valence-corrected chi connectivity index (χ4v) is 1.69. The maximum absolute atomic E-state index is 12.8. The van der Waals surface area contributed by atoms with E-state index in [2.05, 4.69) is 10.4 Å². The van der Waals surface area contributed by atoms with E-state index in [1.807, 2.05) is 6.07 Å². The summed E-state index contributed by atoms with van der Waals surface area (Å²) in [6.45, 7) is 1.79. The first-order valence-corrected chi connectivity index (χ1v) is 6.23. The molecule has 0 aliphatic rings. The smallest absolute Gasteiger partial charge is 0.251 e. The second-order valence-corrected chi connectivity index (χ2v) is 4.42. The molecular formula is C15H13FN4O. The zero-order chi connectivity index (χ0) is 15.2. The SMILES string of the molecule is C/C(=C\c1ccc(F)cc1)C(=O)Nc1cnn(CC#N)c1. The van der Waals surface area contributed by atoms with E-state index < -0.39 is 0 Å². The standard InChI is InChI=1S/C15H13FN4O/c1-11(8-12-2-4-13(16)5-3-12)15(21)19-14-9-18-20(10-14)7-6-17/h2-5,8-10H,7H2,1H3,(H,19,21)/b11-8+. The quantitative estimate of drug-likeness (QED) is 0.877. The van der Waals surface area contributed by atoms with Crippen LogP contribution in [0.3, 0.4) is 0 Å². The van der Waals surface area contributed by atoms with Crippen molar-refractivity contribution in [1.29, 1.82) is 5.26 Å². The number of nitrogens with zero attached hydrogens (tertiary/aromatic N) is 3. The molecule has 0 atom stereocenters. The highest BCUT2D eigenvalue weighted by molar-refractivity contribution is 6.06. The molecule has 106 valence electrons. The van der Waals surface area contributed by atoms with Crippen molar-refractivity contribution in [3.8, 4) is 6.07 Å². The number of aromatic nitrogens is 2. The van der Waals surface area contributed by atoms with Gasteiger partial charge in [0, 0.05) is 11.8 Å². The predicted molar refractivity (Wildman–Crippen MR) is 76.5 cm³/mol. The second-order valence-electron chi connectivity index (χ2n) is 4.42. The number of hydrogen-bond acceptors (Lipinski definition) is 3. The van der Waals surface area contributed by atoms with E-state index in [1.165, 1.54) is 23.0 Å². The summed E-state index contributed by atoms with van der Waals surface area (Å²) in [6, 6.07) is 7.82. The van der Waals surface area contributed by atoms with E-state index in [0.717, 1.165) is 5.56 Å². The monoisotopic (exact) mass is 284 g/mol. The Morgan fingerprint density at radius 2 is 2.19 bits per heavy atom. The van der Waals surface area contributed by atoms with Crippen molar-refractivity contribution >= 4 is 17.7 Å². The van der Waals surface area contributed by atoms with Gasteiger partial charge in [-0.2, -0.15) is 10.4 Å². The Morgan fingerprint density at radius 1 is 1.48 bits per heavy atom. The summed E-state index contributed by atoms with van der Waals surface area (Å²) in [6.07, 6.45) is 4.71. The Morgan fingerprint density at radius 3 is 2.86 bits per heavy atom. The van der Waals surface area contributed by atoms with Crippen molar-refractivity contribution in [2.24, 2.45) is 0 Å². The summed E-state index contributed by atoms with van der Waals surface area (Å²) in [5, 5.41) is 15.2. The highest BCUT2D eigenvalue weighted by atomic mass is 19.1. The van der Waals surface area contributed by atoms with Gasteiger partial charge in [-0.25, -0.2) is 4.39 Å². The van der Waals surface area contributed by atoms with Crippen molar-refractivity contribution in [1.82, 2.24) is 9.78 Å². The van der Waals surface area contributed by atoms with Crippen molar-refractivity contribution in [2.45, 2.75) is 13.5 Å². The molecule has 0 spiro atoms. The number of carbonyl (C=O) groups excluding carboxylic acids is 1. The van der Waals surface area contributed by atoms with Crippen LogP contribution in [-0.4, -0.2) is 15.7 Å². The van der Waals surface area contributed by atoms with E-state index in [1.54, 1.807) is 31.3 Å². The lowest BCUT2D eigenvalue weighted by Crippen LogP contribution is -2.12. The molecule has 0 fully saturated rings. The Hall–Kier alpha value is -2.94. The van der Waals surface area contributed by atoms with Crippen LogP contribution < -0.4 is 5.32 Å². The molecule has 1 amide bonds. The number of carbonyl (C=O) groups is 1. The van der Waals surface area contributed by atoms with Gasteiger partial charge in [0.05, 0.1) is 18.0 Å². The zero-order valence-electron chi connectivity index (χ0n) is 11.4. The first-order chi connectivity index (χ1) is 10.1. The largest absolute Gasteiger partial charge is 0.320 e. The molecule has 0 aliphatic heterocycles. The van der Waals surface area contributed by atoms with Crippen LogP contribution in [0.4, 0.5) is 10.1 Å². The normalized spacial score (nSPS) is 11.0. The molecule has 1 N–H and O–H groups in total. The number of benzene rings is 1. The van der Waals surface area contributed by atoms with Gasteiger partial charge in [0.1, 0.15) is 12.4 Å². The maximum atomic E-state index is 12.8. The van der Waals surface area contributed by atoms with Crippen LogP contribution in [0.5, 0.6) is 0 Å². The molecule has 0 saturated carbocycles. The lowest BCUT2D eigenvalue weighted by Gasteiger charge is -2.02. The van der Waals surface area contributed by atoms with Gasteiger partial charge in [-0.3, -0.25) is 9.48 Å². The molecule has 2 rings (SSSR count). The lowest BCUT2D eigenvalue weighted by molar-refractivity contribution is -0.112. The van der Waals surface area contributed by atoms with E-state index in [0.29, 0.717) is 11.3 Å². The third-order valence-electron chi connectivity index (χ3n) is 2.74. The topological polar surface area (TPSA) is 70.7 Å². The fraction of sp³-hybridized carbons (Fsp3) is 0.133. The van der Waals surface area contributed by atoms with Gasteiger partial charge in [0.15, 0.2) is 0 Å². The van der Waals surface area contributed by atoms with Gasteiger partial charge in [-0.1, -0.05) is 12.1 Å². The zero-order valence-corrected chi connectivity index (χ0v) is 11.4. The summed E-state index contributed by atoms with van der Waals surface area (Å²) >= 11 is 0. The third kappa shape index (κ3) is 4.01. The summed E-state index contributed by atoms with van der Waals surface area (Å²) in [5.41, 5.74) is 1.74. The summed E-state index contributed by atoms with van der Waals surface area (Å²) in [4.78, 5) is 12.0. The van der Waals surface area contributed by atoms with Crippen molar-refractivity contribution in [3.05, 3.63) is 53.6 Å². The van der Waals surface area contributed by atoms with Crippen molar-refractivity contribution in [2.75, 3.05) is 5.32 Å². The van der Waals surface area contributed by atoms with Crippen LogP contribution >= 0.6 is 0 Å². The lowest BCUT2D eigenvalue weighted by atomic mass is 10.1. The van der Waals surface area contributed by atoms with Crippen LogP contribution in [0.25, 0.3) is 6.08 Å². The van der Waals surface area contributed by atoms with Gasteiger partial charge in [-0.05, 0) is 30.7 Å². The number of halogens is 1. The van der Waals surface area contributed by atoms with Gasteiger partial charge in [0.25, 0.3) is 5.91 Å². The molecule has 1 heterocycles. The molecule has 0 saturated heterocycles. The summed E-state index contributed by atoms with van der Waals surface area (Å²) < 4.78 is 14.2. The van der Waals surface area contributed by atoms with E-state index in [9.17, 15) is 9.18 Å². The van der Waals surface area contributed by atoms with Crippen LogP contribution in [-0.2, 0) is 11.3 Å². The number of hydrogen-bond donors (Lipinski definition) is 1. The van der Waals surface area contributed by atoms with Crippen molar-refractivity contribution in [3.63, 3.8) is 0 Å². The predicted octanol–water partition coefficient (Wildman–Crippen LogP) is 2.59. The molecule has 6 heteroatoms. The number of anilines is 1. The van der Waals surface area contributed by atoms with E-state index in [-0.39, 0.29) is 18.3 Å². The van der Waals surface area contributed by atoms with Gasteiger partial charge >= 0.3 is 0 Å². The van der Waals surface area contributed by atoms with Crippen LogP contribution in [0.1, 0.15) is 12.5 Å². The fourth-order valence-electron chi connectivity index (χ4n) is 1.69. The minimum absolute atomic E-state index is 0.125. The molecule has 21 heavy (non-hydrogen) atoms. The molecule has 0 aliphatic carbocycles. The van der Waals surface area contributed by atoms with E-state index in [4.69, 9.17) is 5.26 Å². The average molecular weight is 284 g/mol. The molecule has 0 unspecified atom stereocenters. The first kappa shape index (κ1) is 14.5. The highest BCUT2D eigenvalue weighted by Crippen LogP contribution is 2.11. The third-order valence-corrected chi connectivity index (χ3v) is 2.74. The van der Waals surface area contributed by atoms with Gasteiger partial charge in [-0.15, -0.1) is 0 Å². The summed E-state index contributed by atoms with van der Waals surface area (Å²) in [7, 11) is 0. The highest BCUT2D eigenvalue weighted by Gasteiger charge is 2.07. The van der Waals surface area contributed by atoms with Crippen LogP contribution in [0.2, 0.25) is 0 Å². The number of amides is 1. The van der Waals surface area contributed by atoms with Crippen molar-refractivity contribution < 1.29 is 9.18 Å². The average Bonchev–Trinajstić information content (AvgIpc) is 2.89. The molecule has 1 aromatic carbocycles. The molecule has 0 radical (unpaired) electrons. The Bertz CT molecular complexity index is 710. The minimum Gasteiger partial charge on any atom is -0.320 e. The molecule has 2 aromatic rings. The molecule has 5 nitrogen and oxygen atoms in total. The molecule has 1 aromatic heterocycles. The number of rotatable bonds is 4. The number of nitrogens with one attached hydrogen (secondary N) is 1. The van der Waals surface area contributed by atoms with Gasteiger partial charge in [0.2, 0.25) is 0 Å².